The fraction of sp³-hybridized carbons (Fsp3) is 0.125. The van der Waals surface area contributed by atoms with E-state index in [1.807, 2.05) is 35.0 Å². The molecule has 21 heavy (non-hydrogen) atoms. The van der Waals surface area contributed by atoms with Crippen LogP contribution < -0.4 is 5.73 Å². The van der Waals surface area contributed by atoms with E-state index in [0.29, 0.717) is 12.2 Å². The number of alkyl halides is 3. The second kappa shape index (κ2) is 4.93. The molecule has 0 amide bonds. The van der Waals surface area contributed by atoms with Gasteiger partial charge in [0, 0.05) is 23.8 Å². The maximum Gasteiger partial charge on any atom is 0.416 e. The summed E-state index contributed by atoms with van der Waals surface area (Å²) < 4.78 is 39.7. The Balaban J connectivity index is 2.12. The maximum atomic E-state index is 12.6. The van der Waals surface area contributed by atoms with Gasteiger partial charge in [-0.1, -0.05) is 18.2 Å². The minimum Gasteiger partial charge on any atom is -0.326 e. The highest BCUT2D eigenvalue weighted by atomic mass is 19.4. The first-order valence-corrected chi connectivity index (χ1v) is 6.47. The molecule has 0 saturated carbocycles. The molecule has 0 saturated heterocycles. The molecule has 1 heterocycles. The number of halogens is 3. The van der Waals surface area contributed by atoms with Gasteiger partial charge in [0.2, 0.25) is 0 Å². The molecule has 2 nitrogen and oxygen atoms in total. The van der Waals surface area contributed by atoms with E-state index < -0.39 is 11.7 Å². The number of nitrogens with two attached hydrogens (primary N) is 1. The van der Waals surface area contributed by atoms with E-state index in [0.717, 1.165) is 28.6 Å². The zero-order valence-electron chi connectivity index (χ0n) is 11.1. The van der Waals surface area contributed by atoms with Gasteiger partial charge in [-0.2, -0.15) is 13.2 Å². The van der Waals surface area contributed by atoms with Crippen LogP contribution in [0.4, 0.5) is 13.2 Å². The average Bonchev–Trinajstić information content (AvgIpc) is 2.85. The molecule has 3 rings (SSSR count). The summed E-state index contributed by atoms with van der Waals surface area (Å²) in [4.78, 5) is 0. The first kappa shape index (κ1) is 13.7. The highest BCUT2D eigenvalue weighted by Gasteiger charge is 2.30. The van der Waals surface area contributed by atoms with Crippen LogP contribution in [0, 0.1) is 0 Å². The van der Waals surface area contributed by atoms with Crippen LogP contribution in [-0.4, -0.2) is 4.57 Å². The number of benzene rings is 2. The SMILES string of the molecule is NCc1cn(-c2ccc(C(F)(F)F)cc2)c2ccccc12. The average molecular weight is 290 g/mol. The van der Waals surface area contributed by atoms with Gasteiger partial charge in [-0.05, 0) is 35.9 Å². The molecule has 2 N–H and O–H groups in total. The molecular weight excluding hydrogens is 277 g/mol. The predicted molar refractivity (Wildman–Crippen MR) is 76.2 cm³/mol. The molecule has 0 spiro atoms. The third-order valence-corrected chi connectivity index (χ3v) is 3.49. The maximum absolute atomic E-state index is 12.6. The second-order valence-electron chi connectivity index (χ2n) is 4.79. The second-order valence-corrected chi connectivity index (χ2v) is 4.79. The summed E-state index contributed by atoms with van der Waals surface area (Å²) >= 11 is 0. The first-order chi connectivity index (χ1) is 10.0. The van der Waals surface area contributed by atoms with Crippen LogP contribution in [0.1, 0.15) is 11.1 Å². The normalized spacial score (nSPS) is 12.0. The summed E-state index contributed by atoms with van der Waals surface area (Å²) in [6.45, 7) is 0.383. The highest BCUT2D eigenvalue weighted by Crippen LogP contribution is 2.31. The van der Waals surface area contributed by atoms with Crippen molar-refractivity contribution < 1.29 is 13.2 Å². The van der Waals surface area contributed by atoms with Crippen LogP contribution in [0.25, 0.3) is 16.6 Å². The van der Waals surface area contributed by atoms with Gasteiger partial charge in [-0.25, -0.2) is 0 Å². The number of rotatable bonds is 2. The monoisotopic (exact) mass is 290 g/mol. The van der Waals surface area contributed by atoms with Crippen LogP contribution in [-0.2, 0) is 12.7 Å². The molecule has 0 unspecified atom stereocenters. The molecule has 1 aromatic heterocycles. The zero-order valence-corrected chi connectivity index (χ0v) is 11.1. The van der Waals surface area contributed by atoms with Crippen LogP contribution >= 0.6 is 0 Å². The molecule has 0 radical (unpaired) electrons. The molecule has 108 valence electrons. The van der Waals surface area contributed by atoms with E-state index in [9.17, 15) is 13.2 Å². The van der Waals surface area contributed by atoms with Crippen molar-refractivity contribution in [3.05, 3.63) is 65.9 Å². The van der Waals surface area contributed by atoms with Gasteiger partial charge in [0.1, 0.15) is 0 Å². The molecule has 0 aliphatic rings. The number of hydrogen-bond acceptors (Lipinski definition) is 1. The molecule has 0 fully saturated rings. The Kier molecular flexibility index (Phi) is 3.22. The van der Waals surface area contributed by atoms with Gasteiger partial charge < -0.3 is 10.3 Å². The third-order valence-electron chi connectivity index (χ3n) is 3.49. The van der Waals surface area contributed by atoms with Crippen LogP contribution in [0.5, 0.6) is 0 Å². The number of aromatic nitrogens is 1. The van der Waals surface area contributed by atoms with Crippen LogP contribution in [0.3, 0.4) is 0 Å². The topological polar surface area (TPSA) is 30.9 Å². The molecule has 0 aliphatic heterocycles. The largest absolute Gasteiger partial charge is 0.416 e. The predicted octanol–water partition coefficient (Wildman–Crippen LogP) is 4.11. The fourth-order valence-electron chi connectivity index (χ4n) is 2.44. The van der Waals surface area contributed by atoms with Gasteiger partial charge >= 0.3 is 6.18 Å². The van der Waals surface area contributed by atoms with E-state index in [-0.39, 0.29) is 0 Å². The van der Waals surface area contributed by atoms with Crippen molar-refractivity contribution in [2.45, 2.75) is 12.7 Å². The van der Waals surface area contributed by atoms with E-state index >= 15 is 0 Å². The van der Waals surface area contributed by atoms with Crippen molar-refractivity contribution in [2.24, 2.45) is 5.73 Å². The summed E-state index contributed by atoms with van der Waals surface area (Å²) in [5.74, 6) is 0. The van der Waals surface area contributed by atoms with Crippen molar-refractivity contribution in [1.82, 2.24) is 4.57 Å². The van der Waals surface area contributed by atoms with Crippen molar-refractivity contribution in [3.63, 3.8) is 0 Å². The van der Waals surface area contributed by atoms with Crippen molar-refractivity contribution in [3.8, 4) is 5.69 Å². The Hall–Kier alpha value is -2.27. The summed E-state index contributed by atoms with van der Waals surface area (Å²) in [5.41, 5.74) is 7.65. The molecule has 5 heteroatoms. The minimum atomic E-state index is -4.32. The highest BCUT2D eigenvalue weighted by molar-refractivity contribution is 5.85. The van der Waals surface area contributed by atoms with Gasteiger partial charge in [-0.3, -0.25) is 0 Å². The smallest absolute Gasteiger partial charge is 0.326 e. The molecule has 2 aromatic carbocycles. The molecule has 0 atom stereocenters. The Labute approximate surface area is 119 Å². The van der Waals surface area contributed by atoms with Crippen LogP contribution in [0.2, 0.25) is 0 Å². The fourth-order valence-corrected chi connectivity index (χ4v) is 2.44. The molecular formula is C16H13F3N2. The number of nitrogens with zero attached hydrogens (tertiary/aromatic N) is 1. The number of fused-ring (bicyclic) bond motifs is 1. The van der Waals surface area contributed by atoms with Crippen molar-refractivity contribution in [2.75, 3.05) is 0 Å². The van der Waals surface area contributed by atoms with E-state index in [2.05, 4.69) is 0 Å². The molecule has 0 bridgehead atoms. The zero-order chi connectivity index (χ0) is 15.0. The minimum absolute atomic E-state index is 0.383. The van der Waals surface area contributed by atoms with Gasteiger partial charge in [0.15, 0.2) is 0 Å². The Morgan fingerprint density at radius 1 is 0.952 bits per heavy atom. The van der Waals surface area contributed by atoms with Gasteiger partial charge in [0.05, 0.1) is 11.1 Å². The third kappa shape index (κ3) is 2.40. The lowest BCUT2D eigenvalue weighted by Crippen LogP contribution is -2.04. The van der Waals surface area contributed by atoms with Crippen molar-refractivity contribution in [1.29, 1.82) is 0 Å². The van der Waals surface area contributed by atoms with Crippen molar-refractivity contribution >= 4 is 10.9 Å². The number of hydrogen-bond donors (Lipinski definition) is 1. The lowest BCUT2D eigenvalue weighted by Gasteiger charge is -2.09. The quantitative estimate of drug-likeness (QED) is 0.756. The van der Waals surface area contributed by atoms with Gasteiger partial charge in [0.25, 0.3) is 0 Å². The Bertz CT molecular complexity index is 770. The summed E-state index contributed by atoms with van der Waals surface area (Å²) in [5, 5.41) is 1.01. The molecule has 3 aromatic rings. The van der Waals surface area contributed by atoms with E-state index in [1.165, 1.54) is 12.1 Å². The Morgan fingerprint density at radius 3 is 2.24 bits per heavy atom. The first-order valence-electron chi connectivity index (χ1n) is 6.47. The van der Waals surface area contributed by atoms with E-state index in [1.54, 1.807) is 0 Å². The number of para-hydroxylation sites is 1. The van der Waals surface area contributed by atoms with Gasteiger partial charge in [-0.15, -0.1) is 0 Å². The van der Waals surface area contributed by atoms with Crippen LogP contribution in [0.15, 0.2) is 54.7 Å². The summed E-state index contributed by atoms with van der Waals surface area (Å²) in [7, 11) is 0. The Morgan fingerprint density at radius 2 is 1.62 bits per heavy atom. The summed E-state index contributed by atoms with van der Waals surface area (Å²) in [6.07, 6.45) is -2.45. The summed E-state index contributed by atoms with van der Waals surface area (Å²) in [6, 6.07) is 12.8. The standard InChI is InChI=1S/C16H13F3N2/c17-16(18,19)12-5-7-13(8-6-12)21-10-11(9-20)14-3-1-2-4-15(14)21/h1-8,10H,9,20H2. The molecule has 0 aliphatic carbocycles. The lowest BCUT2D eigenvalue weighted by atomic mass is 10.2. The van der Waals surface area contributed by atoms with E-state index in [4.69, 9.17) is 5.73 Å². The lowest BCUT2D eigenvalue weighted by molar-refractivity contribution is -0.137.